The van der Waals surface area contributed by atoms with Crippen molar-refractivity contribution in [3.8, 4) is 0 Å². The highest BCUT2D eigenvalue weighted by atomic mass is 35.5. The Balaban J connectivity index is 3.61. The molecule has 0 aromatic heterocycles. The van der Waals surface area contributed by atoms with Gasteiger partial charge < -0.3 is 5.32 Å². The lowest BCUT2D eigenvalue weighted by Gasteiger charge is -2.06. The maximum absolute atomic E-state index is 11.2. The van der Waals surface area contributed by atoms with E-state index in [-0.39, 0.29) is 18.2 Å². The fraction of sp³-hybridized carbons (Fsp3) is 0.889. The molecule has 1 amide bonds. The summed E-state index contributed by atoms with van der Waals surface area (Å²) in [7, 11) is -3.24. The largest absolute Gasteiger partial charge is 0.355 e. The molecule has 0 aromatic rings. The molecule has 16 heavy (non-hydrogen) atoms. The molecule has 0 heterocycles. The third-order valence-corrected chi connectivity index (χ3v) is 3.58. The van der Waals surface area contributed by atoms with Crippen LogP contribution in [-0.4, -0.2) is 39.0 Å². The molecule has 0 atom stereocenters. The smallest absolute Gasteiger partial charge is 0.220 e. The second-order valence-electron chi connectivity index (χ2n) is 3.31. The van der Waals surface area contributed by atoms with E-state index in [2.05, 4.69) is 10.0 Å². The van der Waals surface area contributed by atoms with Crippen molar-refractivity contribution >= 4 is 27.5 Å². The van der Waals surface area contributed by atoms with Crippen LogP contribution in [0.1, 0.15) is 26.2 Å². The standard InChI is InChI=1S/C9H19ClN2O3S/c1-2-12-16(14,15)8-7-11-9(13)5-3-4-6-10/h12H,2-8H2,1H3,(H,11,13). The Bertz CT molecular complexity index is 293. The lowest BCUT2D eigenvalue weighted by Crippen LogP contribution is -2.34. The van der Waals surface area contributed by atoms with Crippen LogP contribution in [0.2, 0.25) is 0 Å². The van der Waals surface area contributed by atoms with E-state index in [0.717, 1.165) is 12.8 Å². The first-order valence-corrected chi connectivity index (χ1v) is 7.50. The number of unbranched alkanes of at least 4 members (excludes halogenated alkanes) is 1. The molecule has 96 valence electrons. The lowest BCUT2D eigenvalue weighted by molar-refractivity contribution is -0.121. The minimum absolute atomic E-state index is 0.0813. The van der Waals surface area contributed by atoms with Crippen LogP contribution in [0.25, 0.3) is 0 Å². The van der Waals surface area contributed by atoms with Crippen LogP contribution in [0.3, 0.4) is 0 Å². The van der Waals surface area contributed by atoms with Crippen LogP contribution >= 0.6 is 11.6 Å². The minimum Gasteiger partial charge on any atom is -0.355 e. The molecule has 7 heteroatoms. The summed E-state index contributed by atoms with van der Waals surface area (Å²) in [6.07, 6.45) is 1.92. The Morgan fingerprint density at radius 2 is 2.00 bits per heavy atom. The van der Waals surface area contributed by atoms with Gasteiger partial charge in [-0.2, -0.15) is 0 Å². The van der Waals surface area contributed by atoms with Crippen molar-refractivity contribution in [1.82, 2.24) is 10.0 Å². The molecule has 0 unspecified atom stereocenters. The van der Waals surface area contributed by atoms with Crippen molar-refractivity contribution < 1.29 is 13.2 Å². The number of sulfonamides is 1. The van der Waals surface area contributed by atoms with Gasteiger partial charge in [0.05, 0.1) is 5.75 Å². The number of hydrogen-bond donors (Lipinski definition) is 2. The minimum atomic E-state index is -3.24. The van der Waals surface area contributed by atoms with Crippen LogP contribution in [0.4, 0.5) is 0 Å². The van der Waals surface area contributed by atoms with Crippen molar-refractivity contribution in [2.75, 3.05) is 24.7 Å². The summed E-state index contributed by atoms with van der Waals surface area (Å²) >= 11 is 5.46. The highest BCUT2D eigenvalue weighted by molar-refractivity contribution is 7.89. The first-order valence-electron chi connectivity index (χ1n) is 5.32. The van der Waals surface area contributed by atoms with Gasteiger partial charge in [-0.05, 0) is 12.8 Å². The fourth-order valence-corrected chi connectivity index (χ4v) is 2.23. The van der Waals surface area contributed by atoms with Gasteiger partial charge in [-0.1, -0.05) is 6.92 Å². The second kappa shape index (κ2) is 8.78. The maximum Gasteiger partial charge on any atom is 0.220 e. The van der Waals surface area contributed by atoms with Crippen molar-refractivity contribution in [2.24, 2.45) is 0 Å². The number of amides is 1. The quantitative estimate of drug-likeness (QED) is 0.472. The third kappa shape index (κ3) is 8.94. The Hall–Kier alpha value is -0.330. The summed E-state index contributed by atoms with van der Waals surface area (Å²) in [5, 5.41) is 2.55. The van der Waals surface area contributed by atoms with E-state index < -0.39 is 10.0 Å². The Labute approximate surface area is 102 Å². The predicted molar refractivity (Wildman–Crippen MR) is 65.0 cm³/mol. The van der Waals surface area contributed by atoms with Gasteiger partial charge in [0, 0.05) is 25.4 Å². The molecule has 2 N–H and O–H groups in total. The third-order valence-electron chi connectivity index (χ3n) is 1.84. The SMILES string of the molecule is CCNS(=O)(=O)CCNC(=O)CCCCCl. The molecule has 0 rings (SSSR count). The molecule has 0 saturated carbocycles. The Morgan fingerprint density at radius 1 is 1.31 bits per heavy atom. The second-order valence-corrected chi connectivity index (χ2v) is 5.62. The first kappa shape index (κ1) is 15.7. The summed E-state index contributed by atoms with van der Waals surface area (Å²) in [5.74, 6) is 0.335. The zero-order chi connectivity index (χ0) is 12.4. The molecule has 0 spiro atoms. The van der Waals surface area contributed by atoms with E-state index in [1.807, 2.05) is 0 Å². The molecular formula is C9H19ClN2O3S. The van der Waals surface area contributed by atoms with E-state index in [1.165, 1.54) is 0 Å². The maximum atomic E-state index is 11.2. The molecule has 0 bridgehead atoms. The van der Waals surface area contributed by atoms with Gasteiger partial charge in [0.2, 0.25) is 15.9 Å². The number of rotatable bonds is 9. The van der Waals surface area contributed by atoms with Crippen molar-refractivity contribution in [1.29, 1.82) is 0 Å². The summed E-state index contributed by atoms with van der Waals surface area (Å²) in [6.45, 7) is 2.23. The molecule has 0 aliphatic carbocycles. The fourth-order valence-electron chi connectivity index (χ4n) is 1.09. The van der Waals surface area contributed by atoms with E-state index in [0.29, 0.717) is 18.8 Å². The number of halogens is 1. The highest BCUT2D eigenvalue weighted by Gasteiger charge is 2.08. The summed E-state index contributed by atoms with van der Waals surface area (Å²) in [6, 6.07) is 0. The number of alkyl halides is 1. The van der Waals surface area contributed by atoms with Gasteiger partial charge in [0.15, 0.2) is 0 Å². The van der Waals surface area contributed by atoms with Crippen molar-refractivity contribution in [2.45, 2.75) is 26.2 Å². The molecule has 0 saturated heterocycles. The number of carbonyl (C=O) groups is 1. The zero-order valence-corrected chi connectivity index (χ0v) is 11.0. The molecule has 0 aromatic carbocycles. The molecule has 0 aliphatic heterocycles. The average molecular weight is 271 g/mol. The normalized spacial score (nSPS) is 11.4. The van der Waals surface area contributed by atoms with Crippen molar-refractivity contribution in [3.63, 3.8) is 0 Å². The Kier molecular flexibility index (Phi) is 8.60. The van der Waals surface area contributed by atoms with Crippen LogP contribution in [-0.2, 0) is 14.8 Å². The van der Waals surface area contributed by atoms with Crippen LogP contribution in [0.15, 0.2) is 0 Å². The predicted octanol–water partition coefficient (Wildman–Crippen LogP) is 0.451. The monoisotopic (exact) mass is 270 g/mol. The van der Waals surface area contributed by atoms with Gasteiger partial charge in [0.25, 0.3) is 0 Å². The molecule has 0 fully saturated rings. The van der Waals surface area contributed by atoms with Crippen LogP contribution < -0.4 is 10.0 Å². The van der Waals surface area contributed by atoms with Crippen LogP contribution in [0.5, 0.6) is 0 Å². The first-order chi connectivity index (χ1) is 7.52. The molecule has 0 aliphatic rings. The number of hydrogen-bond acceptors (Lipinski definition) is 3. The topological polar surface area (TPSA) is 75.3 Å². The van der Waals surface area contributed by atoms with Gasteiger partial charge in [-0.3, -0.25) is 4.79 Å². The Morgan fingerprint density at radius 3 is 2.56 bits per heavy atom. The van der Waals surface area contributed by atoms with Gasteiger partial charge >= 0.3 is 0 Å². The lowest BCUT2D eigenvalue weighted by atomic mass is 10.2. The highest BCUT2D eigenvalue weighted by Crippen LogP contribution is 1.96. The van der Waals surface area contributed by atoms with E-state index >= 15 is 0 Å². The molecular weight excluding hydrogens is 252 g/mol. The summed E-state index contributed by atoms with van der Waals surface area (Å²) < 4.78 is 24.7. The zero-order valence-electron chi connectivity index (χ0n) is 9.46. The number of carbonyl (C=O) groups excluding carboxylic acids is 1. The number of nitrogens with one attached hydrogen (secondary N) is 2. The van der Waals surface area contributed by atoms with Gasteiger partial charge in [0.1, 0.15) is 0 Å². The van der Waals surface area contributed by atoms with Crippen LogP contribution in [0, 0.1) is 0 Å². The molecule has 0 radical (unpaired) electrons. The summed E-state index contributed by atoms with van der Waals surface area (Å²) in [4.78, 5) is 11.2. The van der Waals surface area contributed by atoms with Crippen molar-refractivity contribution in [3.05, 3.63) is 0 Å². The molecule has 5 nitrogen and oxygen atoms in total. The van der Waals surface area contributed by atoms with Gasteiger partial charge in [-0.25, -0.2) is 13.1 Å². The summed E-state index contributed by atoms with van der Waals surface area (Å²) in [5.41, 5.74) is 0. The van der Waals surface area contributed by atoms with E-state index in [9.17, 15) is 13.2 Å². The van der Waals surface area contributed by atoms with Gasteiger partial charge in [-0.15, -0.1) is 11.6 Å². The average Bonchev–Trinajstić information content (AvgIpc) is 2.17. The van der Waals surface area contributed by atoms with E-state index in [4.69, 9.17) is 11.6 Å². The van der Waals surface area contributed by atoms with E-state index in [1.54, 1.807) is 6.92 Å².